The molecule has 0 spiro atoms. The Morgan fingerprint density at radius 2 is 1.87 bits per heavy atom. The lowest BCUT2D eigenvalue weighted by Gasteiger charge is -2.08. The summed E-state index contributed by atoms with van der Waals surface area (Å²) in [6, 6.07) is 0.175. The lowest BCUT2D eigenvalue weighted by atomic mass is 10.4. The van der Waals surface area contributed by atoms with Crippen LogP contribution in [0.4, 0.5) is 11.9 Å². The van der Waals surface area contributed by atoms with E-state index in [2.05, 4.69) is 25.6 Å². The van der Waals surface area contributed by atoms with Crippen LogP contribution in [-0.2, 0) is 4.79 Å². The smallest absolute Gasteiger partial charge is 0.235 e. The lowest BCUT2D eigenvalue weighted by Crippen LogP contribution is -2.16. The molecule has 0 aliphatic carbocycles. The molecule has 0 atom stereocenters. The second-order valence-electron chi connectivity index (χ2n) is 3.23. The number of carbonyl (C=O) groups is 1. The first kappa shape index (κ1) is 11.6. The van der Waals surface area contributed by atoms with Crippen molar-refractivity contribution in [3.63, 3.8) is 0 Å². The van der Waals surface area contributed by atoms with E-state index >= 15 is 0 Å². The summed E-state index contributed by atoms with van der Waals surface area (Å²) >= 11 is 5.66. The average molecular weight is 230 g/mol. The number of amides is 1. The zero-order chi connectivity index (χ0) is 11.4. The molecule has 1 aromatic heterocycles. The Balaban J connectivity index is 2.89. The lowest BCUT2D eigenvalue weighted by molar-refractivity contribution is -0.114. The van der Waals surface area contributed by atoms with Crippen molar-refractivity contribution in [2.24, 2.45) is 0 Å². The molecular formula is C8H12ClN5O. The van der Waals surface area contributed by atoms with Gasteiger partial charge in [0.2, 0.25) is 23.1 Å². The van der Waals surface area contributed by atoms with Crippen molar-refractivity contribution in [1.82, 2.24) is 15.0 Å². The molecule has 7 heteroatoms. The van der Waals surface area contributed by atoms with Gasteiger partial charge in [-0.3, -0.25) is 10.1 Å². The summed E-state index contributed by atoms with van der Waals surface area (Å²) in [5.74, 6) is 0.229. The minimum absolute atomic E-state index is 0.0388. The van der Waals surface area contributed by atoms with E-state index in [1.807, 2.05) is 13.8 Å². The summed E-state index contributed by atoms with van der Waals surface area (Å²) in [5.41, 5.74) is 0. The van der Waals surface area contributed by atoms with Crippen LogP contribution in [0.1, 0.15) is 20.8 Å². The molecule has 0 aromatic carbocycles. The number of halogens is 1. The van der Waals surface area contributed by atoms with Gasteiger partial charge < -0.3 is 5.32 Å². The molecule has 2 N–H and O–H groups in total. The zero-order valence-electron chi connectivity index (χ0n) is 8.71. The van der Waals surface area contributed by atoms with Crippen molar-refractivity contribution in [3.05, 3.63) is 5.28 Å². The largest absolute Gasteiger partial charge is 0.352 e. The van der Waals surface area contributed by atoms with E-state index in [1.54, 1.807) is 0 Å². The first-order chi connectivity index (χ1) is 6.97. The van der Waals surface area contributed by atoms with Gasteiger partial charge in [-0.2, -0.15) is 15.0 Å². The molecule has 1 rings (SSSR count). The van der Waals surface area contributed by atoms with Crippen molar-refractivity contribution >= 4 is 29.4 Å². The van der Waals surface area contributed by atoms with Crippen molar-refractivity contribution < 1.29 is 4.79 Å². The van der Waals surface area contributed by atoms with Crippen LogP contribution in [-0.4, -0.2) is 26.9 Å². The van der Waals surface area contributed by atoms with E-state index in [1.165, 1.54) is 6.92 Å². The highest BCUT2D eigenvalue weighted by Crippen LogP contribution is 2.10. The Morgan fingerprint density at radius 3 is 2.40 bits per heavy atom. The fourth-order valence-electron chi connectivity index (χ4n) is 0.886. The monoisotopic (exact) mass is 229 g/mol. The average Bonchev–Trinajstić information content (AvgIpc) is 1.98. The Bertz CT molecular complexity index is 368. The fourth-order valence-corrected chi connectivity index (χ4v) is 1.05. The van der Waals surface area contributed by atoms with Gasteiger partial charge >= 0.3 is 0 Å². The van der Waals surface area contributed by atoms with Crippen LogP contribution in [0.3, 0.4) is 0 Å². The number of aromatic nitrogens is 3. The molecule has 1 amide bonds. The fraction of sp³-hybridized carbons (Fsp3) is 0.500. The van der Waals surface area contributed by atoms with Gasteiger partial charge in [0.1, 0.15) is 0 Å². The molecule has 0 aliphatic rings. The van der Waals surface area contributed by atoms with Crippen molar-refractivity contribution in [2.75, 3.05) is 10.6 Å². The first-order valence-electron chi connectivity index (χ1n) is 4.43. The van der Waals surface area contributed by atoms with Crippen LogP contribution >= 0.6 is 11.6 Å². The Kier molecular flexibility index (Phi) is 3.79. The van der Waals surface area contributed by atoms with E-state index < -0.39 is 0 Å². The zero-order valence-corrected chi connectivity index (χ0v) is 9.46. The number of anilines is 2. The molecule has 0 saturated heterocycles. The molecule has 82 valence electrons. The number of nitrogens with one attached hydrogen (secondary N) is 2. The Hall–Kier alpha value is -1.43. The number of carbonyl (C=O) groups excluding carboxylic acids is 1. The Labute approximate surface area is 92.5 Å². The molecule has 1 heterocycles. The van der Waals surface area contributed by atoms with Crippen molar-refractivity contribution in [1.29, 1.82) is 0 Å². The quantitative estimate of drug-likeness (QED) is 0.817. The third-order valence-corrected chi connectivity index (χ3v) is 1.48. The van der Waals surface area contributed by atoms with E-state index in [-0.39, 0.29) is 23.2 Å². The standard InChI is InChI=1S/C8H12ClN5O/c1-4(2)10-7-12-6(9)13-8(14-7)11-5(3)15/h4H,1-3H3,(H2,10,11,12,13,14,15). The second kappa shape index (κ2) is 4.88. The minimum atomic E-state index is -0.257. The number of rotatable bonds is 3. The summed E-state index contributed by atoms with van der Waals surface area (Å²) in [7, 11) is 0. The van der Waals surface area contributed by atoms with Crippen LogP contribution in [0.15, 0.2) is 0 Å². The minimum Gasteiger partial charge on any atom is -0.352 e. The number of nitrogens with zero attached hydrogens (tertiary/aromatic N) is 3. The number of hydrogen-bond acceptors (Lipinski definition) is 5. The summed E-state index contributed by atoms with van der Waals surface area (Å²) < 4.78 is 0. The van der Waals surface area contributed by atoms with Crippen molar-refractivity contribution in [3.8, 4) is 0 Å². The molecular weight excluding hydrogens is 218 g/mol. The van der Waals surface area contributed by atoms with E-state index in [9.17, 15) is 4.79 Å². The Morgan fingerprint density at radius 1 is 1.27 bits per heavy atom. The van der Waals surface area contributed by atoms with Crippen LogP contribution in [0.5, 0.6) is 0 Å². The van der Waals surface area contributed by atoms with Crippen molar-refractivity contribution in [2.45, 2.75) is 26.8 Å². The molecule has 0 unspecified atom stereocenters. The molecule has 6 nitrogen and oxygen atoms in total. The highest BCUT2D eigenvalue weighted by molar-refractivity contribution is 6.28. The summed E-state index contributed by atoms with van der Waals surface area (Å²) in [6.45, 7) is 5.25. The molecule has 0 aliphatic heterocycles. The van der Waals surface area contributed by atoms with Gasteiger partial charge in [0.05, 0.1) is 0 Å². The van der Waals surface area contributed by atoms with Crippen LogP contribution < -0.4 is 10.6 Å². The third kappa shape index (κ3) is 4.07. The molecule has 1 aromatic rings. The van der Waals surface area contributed by atoms with Gasteiger partial charge in [-0.15, -0.1) is 0 Å². The van der Waals surface area contributed by atoms with Gasteiger partial charge in [0.15, 0.2) is 0 Å². The van der Waals surface area contributed by atoms with E-state index in [4.69, 9.17) is 11.6 Å². The molecule has 0 bridgehead atoms. The SMILES string of the molecule is CC(=O)Nc1nc(Cl)nc(NC(C)C)n1. The molecule has 0 radical (unpaired) electrons. The summed E-state index contributed by atoms with van der Waals surface area (Å²) in [5, 5.41) is 5.43. The highest BCUT2D eigenvalue weighted by atomic mass is 35.5. The highest BCUT2D eigenvalue weighted by Gasteiger charge is 2.06. The van der Waals surface area contributed by atoms with E-state index in [0.29, 0.717) is 5.95 Å². The maximum absolute atomic E-state index is 10.8. The predicted molar refractivity (Wildman–Crippen MR) is 57.9 cm³/mol. The normalized spacial score (nSPS) is 10.2. The predicted octanol–water partition coefficient (Wildman–Crippen LogP) is 1.30. The van der Waals surface area contributed by atoms with Gasteiger partial charge in [-0.05, 0) is 25.4 Å². The topological polar surface area (TPSA) is 79.8 Å². The maximum atomic E-state index is 10.8. The van der Waals surface area contributed by atoms with Crippen LogP contribution in [0, 0.1) is 0 Å². The summed E-state index contributed by atoms with van der Waals surface area (Å²) in [4.78, 5) is 22.4. The van der Waals surface area contributed by atoms with Crippen LogP contribution in [0.2, 0.25) is 5.28 Å². The number of hydrogen-bond donors (Lipinski definition) is 2. The molecule has 0 fully saturated rings. The van der Waals surface area contributed by atoms with E-state index in [0.717, 1.165) is 0 Å². The first-order valence-corrected chi connectivity index (χ1v) is 4.81. The maximum Gasteiger partial charge on any atom is 0.235 e. The third-order valence-electron chi connectivity index (χ3n) is 1.31. The van der Waals surface area contributed by atoms with Gasteiger partial charge in [-0.25, -0.2) is 0 Å². The molecule has 0 saturated carbocycles. The second-order valence-corrected chi connectivity index (χ2v) is 3.57. The van der Waals surface area contributed by atoms with Gasteiger partial charge in [0.25, 0.3) is 0 Å². The van der Waals surface area contributed by atoms with Gasteiger partial charge in [-0.1, -0.05) is 0 Å². The van der Waals surface area contributed by atoms with Crippen LogP contribution in [0.25, 0.3) is 0 Å². The summed E-state index contributed by atoms with van der Waals surface area (Å²) in [6.07, 6.45) is 0. The van der Waals surface area contributed by atoms with Gasteiger partial charge in [0, 0.05) is 13.0 Å². The molecule has 15 heavy (non-hydrogen) atoms.